The van der Waals surface area contributed by atoms with E-state index in [0.29, 0.717) is 37.1 Å². The van der Waals surface area contributed by atoms with Crippen molar-refractivity contribution in [3.63, 3.8) is 0 Å². The number of aliphatic carboxylic acids is 1. The fourth-order valence-corrected chi connectivity index (χ4v) is 2.87. The number of allylic oxidation sites excluding steroid dienone is 2. The van der Waals surface area contributed by atoms with Crippen molar-refractivity contribution in [3.8, 4) is 0 Å². The van der Waals surface area contributed by atoms with Crippen LogP contribution < -0.4 is 0 Å². The monoisotopic (exact) mass is 292 g/mol. The molecule has 2 aliphatic carbocycles. The van der Waals surface area contributed by atoms with E-state index in [-0.39, 0.29) is 12.0 Å². The largest absolute Gasteiger partial charge is 0.481 e. The van der Waals surface area contributed by atoms with E-state index < -0.39 is 11.9 Å². The molecule has 6 heteroatoms. The van der Waals surface area contributed by atoms with Crippen LogP contribution in [0.25, 0.3) is 0 Å². The van der Waals surface area contributed by atoms with Crippen LogP contribution in [-0.4, -0.2) is 27.8 Å². The molecule has 1 heterocycles. The van der Waals surface area contributed by atoms with Gasteiger partial charge in [0.1, 0.15) is 6.10 Å². The maximum atomic E-state index is 11.4. The fourth-order valence-electron chi connectivity index (χ4n) is 2.87. The number of rotatable bonds is 6. The van der Waals surface area contributed by atoms with Crippen LogP contribution in [0, 0.1) is 11.8 Å². The Kier molecular flexibility index (Phi) is 4.05. The van der Waals surface area contributed by atoms with Gasteiger partial charge < -0.3 is 14.4 Å². The molecule has 2 aliphatic rings. The zero-order valence-corrected chi connectivity index (χ0v) is 12.1. The highest BCUT2D eigenvalue weighted by molar-refractivity contribution is 5.71. The molecular weight excluding hydrogens is 272 g/mol. The predicted octanol–water partition coefficient (Wildman–Crippen LogP) is 2.69. The van der Waals surface area contributed by atoms with E-state index in [1.807, 2.05) is 19.1 Å². The maximum Gasteiger partial charge on any atom is 0.307 e. The van der Waals surface area contributed by atoms with Crippen LogP contribution in [0.1, 0.15) is 56.3 Å². The molecule has 1 aromatic heterocycles. The van der Waals surface area contributed by atoms with Gasteiger partial charge in [0.2, 0.25) is 11.7 Å². The Labute approximate surface area is 123 Å². The van der Waals surface area contributed by atoms with Crippen molar-refractivity contribution in [1.82, 2.24) is 10.1 Å². The van der Waals surface area contributed by atoms with E-state index in [9.17, 15) is 9.90 Å². The molecular formula is C15H20N2O4. The van der Waals surface area contributed by atoms with Crippen LogP contribution in [0.5, 0.6) is 0 Å². The third-order valence-corrected chi connectivity index (χ3v) is 4.18. The minimum atomic E-state index is -0.812. The lowest BCUT2D eigenvalue weighted by atomic mass is 9.83. The fraction of sp³-hybridized carbons (Fsp3) is 0.667. The van der Waals surface area contributed by atoms with Crippen LogP contribution in [0.4, 0.5) is 0 Å². The summed E-state index contributed by atoms with van der Waals surface area (Å²) >= 11 is 0. The maximum absolute atomic E-state index is 11.4. The third kappa shape index (κ3) is 3.00. The molecule has 1 N–H and O–H groups in total. The summed E-state index contributed by atoms with van der Waals surface area (Å²) in [5.74, 6) is -0.0882. The first-order chi connectivity index (χ1) is 10.2. The minimum absolute atomic E-state index is 0.116. The second kappa shape index (κ2) is 5.97. The van der Waals surface area contributed by atoms with Crippen LogP contribution in [0.3, 0.4) is 0 Å². The lowest BCUT2D eigenvalue weighted by Crippen LogP contribution is -2.23. The SMILES string of the molecule is CCOC(c1noc(C2CC=CCC2C(=O)O)n1)C1CC1. The van der Waals surface area contributed by atoms with Crippen LogP contribution in [-0.2, 0) is 9.53 Å². The Morgan fingerprint density at radius 1 is 1.48 bits per heavy atom. The summed E-state index contributed by atoms with van der Waals surface area (Å²) in [7, 11) is 0. The molecule has 1 saturated carbocycles. The molecule has 1 fully saturated rings. The number of aromatic nitrogens is 2. The van der Waals surface area contributed by atoms with Gasteiger partial charge in [0.05, 0.1) is 11.8 Å². The third-order valence-electron chi connectivity index (χ3n) is 4.18. The van der Waals surface area contributed by atoms with Gasteiger partial charge in [-0.3, -0.25) is 4.79 Å². The number of nitrogens with zero attached hydrogens (tertiary/aromatic N) is 2. The highest BCUT2D eigenvalue weighted by Gasteiger charge is 2.38. The molecule has 0 aliphatic heterocycles. The molecule has 0 spiro atoms. The van der Waals surface area contributed by atoms with Gasteiger partial charge >= 0.3 is 5.97 Å². The molecule has 6 nitrogen and oxygen atoms in total. The molecule has 3 atom stereocenters. The Bertz CT molecular complexity index is 536. The first-order valence-electron chi connectivity index (χ1n) is 7.53. The quantitative estimate of drug-likeness (QED) is 0.811. The molecule has 1 aromatic rings. The molecule has 0 aromatic carbocycles. The normalized spacial score (nSPS) is 26.7. The van der Waals surface area contributed by atoms with E-state index in [4.69, 9.17) is 9.26 Å². The lowest BCUT2D eigenvalue weighted by molar-refractivity contribution is -0.142. The lowest BCUT2D eigenvalue weighted by Gasteiger charge is -2.21. The van der Waals surface area contributed by atoms with Crippen molar-refractivity contribution in [2.24, 2.45) is 11.8 Å². The van der Waals surface area contributed by atoms with Gasteiger partial charge in [-0.2, -0.15) is 4.98 Å². The second-order valence-electron chi connectivity index (χ2n) is 5.70. The molecule has 0 saturated heterocycles. The van der Waals surface area contributed by atoms with Crippen LogP contribution >= 0.6 is 0 Å². The van der Waals surface area contributed by atoms with Gasteiger partial charge in [-0.05, 0) is 38.5 Å². The molecule has 0 amide bonds. The topological polar surface area (TPSA) is 85.5 Å². The van der Waals surface area contributed by atoms with Gasteiger partial charge in [-0.25, -0.2) is 0 Å². The summed E-state index contributed by atoms with van der Waals surface area (Å²) in [5, 5.41) is 13.4. The highest BCUT2D eigenvalue weighted by Crippen LogP contribution is 2.43. The van der Waals surface area contributed by atoms with Crippen molar-refractivity contribution >= 4 is 5.97 Å². The summed E-state index contributed by atoms with van der Waals surface area (Å²) < 4.78 is 11.1. The van der Waals surface area contributed by atoms with Crippen molar-refractivity contribution in [3.05, 3.63) is 23.9 Å². The first kappa shape index (κ1) is 14.3. The molecule has 21 heavy (non-hydrogen) atoms. The van der Waals surface area contributed by atoms with E-state index in [0.717, 1.165) is 12.8 Å². The number of carbonyl (C=O) groups is 1. The van der Waals surface area contributed by atoms with Crippen molar-refractivity contribution in [2.45, 2.75) is 44.6 Å². The van der Waals surface area contributed by atoms with Gasteiger partial charge in [0, 0.05) is 6.61 Å². The van der Waals surface area contributed by atoms with Gasteiger partial charge in [-0.15, -0.1) is 0 Å². The Morgan fingerprint density at radius 2 is 2.24 bits per heavy atom. The van der Waals surface area contributed by atoms with E-state index in [2.05, 4.69) is 10.1 Å². The predicted molar refractivity (Wildman–Crippen MR) is 73.6 cm³/mol. The molecule has 3 unspecified atom stereocenters. The number of ether oxygens (including phenoxy) is 1. The van der Waals surface area contributed by atoms with Crippen LogP contribution in [0.2, 0.25) is 0 Å². The minimum Gasteiger partial charge on any atom is -0.481 e. The van der Waals surface area contributed by atoms with Gasteiger partial charge in [-0.1, -0.05) is 17.3 Å². The summed E-state index contributed by atoms with van der Waals surface area (Å²) in [5.41, 5.74) is 0. The van der Waals surface area contributed by atoms with Gasteiger partial charge in [0.25, 0.3) is 0 Å². The van der Waals surface area contributed by atoms with Gasteiger partial charge in [0.15, 0.2) is 0 Å². The van der Waals surface area contributed by atoms with Crippen molar-refractivity contribution in [2.75, 3.05) is 6.61 Å². The molecule has 3 rings (SSSR count). The van der Waals surface area contributed by atoms with E-state index in [1.165, 1.54) is 0 Å². The smallest absolute Gasteiger partial charge is 0.307 e. The Morgan fingerprint density at radius 3 is 2.90 bits per heavy atom. The summed E-state index contributed by atoms with van der Waals surface area (Å²) in [6.07, 6.45) is 7.15. The zero-order valence-electron chi connectivity index (χ0n) is 12.1. The van der Waals surface area contributed by atoms with Crippen molar-refractivity contribution in [1.29, 1.82) is 0 Å². The highest BCUT2D eigenvalue weighted by atomic mass is 16.5. The first-order valence-corrected chi connectivity index (χ1v) is 7.53. The summed E-state index contributed by atoms with van der Waals surface area (Å²) in [4.78, 5) is 15.8. The van der Waals surface area contributed by atoms with E-state index in [1.54, 1.807) is 0 Å². The Hall–Kier alpha value is -1.69. The summed E-state index contributed by atoms with van der Waals surface area (Å²) in [6, 6.07) is 0. The molecule has 114 valence electrons. The number of carboxylic acid groups (broad SMARTS) is 1. The number of hydrogen-bond acceptors (Lipinski definition) is 5. The molecule has 0 radical (unpaired) electrons. The second-order valence-corrected chi connectivity index (χ2v) is 5.70. The average Bonchev–Trinajstić information content (AvgIpc) is 3.21. The van der Waals surface area contributed by atoms with Crippen LogP contribution in [0.15, 0.2) is 16.7 Å². The zero-order chi connectivity index (χ0) is 14.8. The number of carboxylic acids is 1. The van der Waals surface area contributed by atoms with E-state index >= 15 is 0 Å². The number of hydrogen-bond donors (Lipinski definition) is 1. The van der Waals surface area contributed by atoms with Crippen molar-refractivity contribution < 1.29 is 19.2 Å². The average molecular weight is 292 g/mol. The summed E-state index contributed by atoms with van der Waals surface area (Å²) in [6.45, 7) is 2.55. The molecule has 0 bridgehead atoms. The standard InChI is InChI=1S/C15H20N2O4/c1-2-20-12(9-7-8-9)13-16-14(21-17-13)10-5-3-4-6-11(10)15(18)19/h3-4,9-12H,2,5-8H2,1H3,(H,18,19). The Balaban J connectivity index is 1.80.